The molecule has 0 amide bonds. The van der Waals surface area contributed by atoms with Gasteiger partial charge in [0.05, 0.1) is 5.56 Å². The Morgan fingerprint density at radius 1 is 1.24 bits per heavy atom. The molecular formula is C17H21N3O. The molecule has 1 aliphatic rings. The number of aromatic nitrogens is 2. The third-order valence-electron chi connectivity index (χ3n) is 3.84. The maximum absolute atomic E-state index is 5.99. The van der Waals surface area contributed by atoms with E-state index in [1.54, 1.807) is 0 Å². The zero-order chi connectivity index (χ0) is 15.0. The zero-order valence-electron chi connectivity index (χ0n) is 12.8. The predicted molar refractivity (Wildman–Crippen MR) is 83.8 cm³/mol. The number of benzene rings is 1. The maximum Gasteiger partial charge on any atom is 0.227 e. The minimum Gasteiger partial charge on any atom is -0.439 e. The Morgan fingerprint density at radius 2 is 2.00 bits per heavy atom. The summed E-state index contributed by atoms with van der Waals surface area (Å²) in [6.07, 6.45) is 2.29. The predicted octanol–water partition coefficient (Wildman–Crippen LogP) is 4.16. The normalized spacial score (nSPS) is 14.5. The Kier molecular flexibility index (Phi) is 3.53. The van der Waals surface area contributed by atoms with Gasteiger partial charge in [-0.2, -0.15) is 4.98 Å². The summed E-state index contributed by atoms with van der Waals surface area (Å²) in [6.45, 7) is 6.23. The lowest BCUT2D eigenvalue weighted by molar-refractivity contribution is 0.454. The van der Waals surface area contributed by atoms with Crippen molar-refractivity contribution >= 4 is 5.82 Å². The van der Waals surface area contributed by atoms with Gasteiger partial charge >= 0.3 is 0 Å². The van der Waals surface area contributed by atoms with Crippen LogP contribution in [0.2, 0.25) is 0 Å². The summed E-state index contributed by atoms with van der Waals surface area (Å²) < 4.78 is 5.97. The Bertz CT molecular complexity index is 663. The molecule has 1 fully saturated rings. The summed E-state index contributed by atoms with van der Waals surface area (Å²) >= 11 is 0. The van der Waals surface area contributed by atoms with Gasteiger partial charge in [0.2, 0.25) is 5.88 Å². The highest BCUT2D eigenvalue weighted by molar-refractivity contribution is 5.47. The molecule has 0 atom stereocenters. The van der Waals surface area contributed by atoms with Crippen LogP contribution in [-0.2, 0) is 0 Å². The van der Waals surface area contributed by atoms with E-state index < -0.39 is 0 Å². The minimum atomic E-state index is 0.456. The summed E-state index contributed by atoms with van der Waals surface area (Å²) in [5, 5.41) is 0. The van der Waals surface area contributed by atoms with Crippen molar-refractivity contribution in [2.24, 2.45) is 0 Å². The lowest BCUT2D eigenvalue weighted by Crippen LogP contribution is -2.04. The van der Waals surface area contributed by atoms with E-state index in [4.69, 9.17) is 10.5 Å². The first-order valence-electron chi connectivity index (χ1n) is 7.46. The first kappa shape index (κ1) is 13.9. The zero-order valence-corrected chi connectivity index (χ0v) is 12.8. The van der Waals surface area contributed by atoms with Crippen molar-refractivity contribution < 1.29 is 4.74 Å². The second kappa shape index (κ2) is 5.35. The standard InChI is InChI=1S/C17H21N3O/c1-10(2)13-5-4-6-14(9-13)21-17-11(3)15(18)19-16(20-17)12-7-8-12/h4-6,9-10,12H,7-8H2,1-3H3,(H2,18,19,20). The third-order valence-corrected chi connectivity index (χ3v) is 3.84. The molecule has 2 aromatic rings. The molecule has 1 aromatic heterocycles. The van der Waals surface area contributed by atoms with E-state index in [1.807, 2.05) is 19.1 Å². The summed E-state index contributed by atoms with van der Waals surface area (Å²) in [7, 11) is 0. The van der Waals surface area contributed by atoms with Crippen LogP contribution in [0.15, 0.2) is 24.3 Å². The van der Waals surface area contributed by atoms with Crippen LogP contribution in [0.3, 0.4) is 0 Å². The molecule has 4 nitrogen and oxygen atoms in total. The van der Waals surface area contributed by atoms with Crippen LogP contribution in [0.4, 0.5) is 5.82 Å². The SMILES string of the molecule is Cc1c(N)nc(C2CC2)nc1Oc1cccc(C(C)C)c1. The highest BCUT2D eigenvalue weighted by atomic mass is 16.5. The van der Waals surface area contributed by atoms with E-state index >= 15 is 0 Å². The van der Waals surface area contributed by atoms with Crippen molar-refractivity contribution in [3.8, 4) is 11.6 Å². The van der Waals surface area contributed by atoms with E-state index in [2.05, 4.69) is 35.9 Å². The maximum atomic E-state index is 5.99. The van der Waals surface area contributed by atoms with Crippen LogP contribution in [-0.4, -0.2) is 9.97 Å². The minimum absolute atomic E-state index is 0.456. The molecule has 1 aromatic carbocycles. The van der Waals surface area contributed by atoms with Gasteiger partial charge in [-0.25, -0.2) is 4.98 Å². The van der Waals surface area contributed by atoms with Crippen molar-refractivity contribution in [3.05, 3.63) is 41.2 Å². The first-order valence-corrected chi connectivity index (χ1v) is 7.46. The molecule has 4 heteroatoms. The van der Waals surface area contributed by atoms with E-state index in [0.717, 1.165) is 30.0 Å². The second-order valence-electron chi connectivity index (χ2n) is 6.00. The summed E-state index contributed by atoms with van der Waals surface area (Å²) in [6, 6.07) is 8.11. The Labute approximate surface area is 125 Å². The highest BCUT2D eigenvalue weighted by Crippen LogP contribution is 2.40. The fourth-order valence-corrected chi connectivity index (χ4v) is 2.20. The molecule has 0 saturated heterocycles. The molecule has 2 N–H and O–H groups in total. The highest BCUT2D eigenvalue weighted by Gasteiger charge is 2.28. The summed E-state index contributed by atoms with van der Waals surface area (Å²) in [5.74, 6) is 3.62. The fraction of sp³-hybridized carbons (Fsp3) is 0.412. The lowest BCUT2D eigenvalue weighted by atomic mass is 10.0. The number of anilines is 1. The second-order valence-corrected chi connectivity index (χ2v) is 6.00. The quantitative estimate of drug-likeness (QED) is 0.915. The number of ether oxygens (including phenoxy) is 1. The van der Waals surface area contributed by atoms with Gasteiger partial charge in [-0.3, -0.25) is 0 Å². The van der Waals surface area contributed by atoms with E-state index in [0.29, 0.717) is 23.5 Å². The van der Waals surface area contributed by atoms with Crippen LogP contribution in [0.25, 0.3) is 0 Å². The fourth-order valence-electron chi connectivity index (χ4n) is 2.20. The number of nitrogen functional groups attached to an aromatic ring is 1. The van der Waals surface area contributed by atoms with Crippen molar-refractivity contribution in [2.45, 2.75) is 45.4 Å². The first-order chi connectivity index (χ1) is 10.0. The van der Waals surface area contributed by atoms with Gasteiger partial charge in [0, 0.05) is 5.92 Å². The average molecular weight is 283 g/mol. The van der Waals surface area contributed by atoms with Crippen LogP contribution in [0.5, 0.6) is 11.6 Å². The Hall–Kier alpha value is -2.10. The van der Waals surface area contributed by atoms with Crippen LogP contribution < -0.4 is 10.5 Å². The third kappa shape index (κ3) is 2.99. The van der Waals surface area contributed by atoms with E-state index in [-0.39, 0.29) is 0 Å². The number of hydrogen-bond donors (Lipinski definition) is 1. The van der Waals surface area contributed by atoms with Gasteiger partial charge in [-0.15, -0.1) is 0 Å². The molecule has 1 saturated carbocycles. The van der Waals surface area contributed by atoms with Gasteiger partial charge in [0.25, 0.3) is 0 Å². The Balaban J connectivity index is 1.92. The van der Waals surface area contributed by atoms with Gasteiger partial charge in [0.15, 0.2) is 0 Å². The van der Waals surface area contributed by atoms with Gasteiger partial charge in [0.1, 0.15) is 17.4 Å². The molecule has 110 valence electrons. The molecule has 1 heterocycles. The van der Waals surface area contributed by atoms with Crippen molar-refractivity contribution in [1.82, 2.24) is 9.97 Å². The van der Waals surface area contributed by atoms with Crippen LogP contribution in [0, 0.1) is 6.92 Å². The van der Waals surface area contributed by atoms with Crippen molar-refractivity contribution in [2.75, 3.05) is 5.73 Å². The van der Waals surface area contributed by atoms with Crippen LogP contribution >= 0.6 is 0 Å². The molecule has 0 aliphatic heterocycles. The molecule has 21 heavy (non-hydrogen) atoms. The largest absolute Gasteiger partial charge is 0.439 e. The smallest absolute Gasteiger partial charge is 0.227 e. The molecule has 3 rings (SSSR count). The number of rotatable bonds is 4. The summed E-state index contributed by atoms with van der Waals surface area (Å²) in [5.41, 5.74) is 8.03. The van der Waals surface area contributed by atoms with E-state index in [9.17, 15) is 0 Å². The molecule has 0 unspecified atom stereocenters. The molecular weight excluding hydrogens is 262 g/mol. The number of nitrogens with two attached hydrogens (primary N) is 1. The topological polar surface area (TPSA) is 61.0 Å². The van der Waals surface area contributed by atoms with Gasteiger partial charge < -0.3 is 10.5 Å². The molecule has 1 aliphatic carbocycles. The average Bonchev–Trinajstić information content (AvgIpc) is 3.28. The molecule has 0 spiro atoms. The lowest BCUT2D eigenvalue weighted by Gasteiger charge is -2.12. The van der Waals surface area contributed by atoms with Crippen molar-refractivity contribution in [1.29, 1.82) is 0 Å². The number of nitrogens with zero attached hydrogens (tertiary/aromatic N) is 2. The van der Waals surface area contributed by atoms with Gasteiger partial charge in [-0.1, -0.05) is 26.0 Å². The van der Waals surface area contributed by atoms with E-state index in [1.165, 1.54) is 5.56 Å². The molecule has 0 radical (unpaired) electrons. The number of hydrogen-bond acceptors (Lipinski definition) is 4. The van der Waals surface area contributed by atoms with Gasteiger partial charge in [-0.05, 0) is 43.4 Å². The van der Waals surface area contributed by atoms with Crippen LogP contribution in [0.1, 0.15) is 55.5 Å². The Morgan fingerprint density at radius 3 is 2.67 bits per heavy atom. The molecule has 0 bridgehead atoms. The summed E-state index contributed by atoms with van der Waals surface area (Å²) in [4.78, 5) is 8.92. The van der Waals surface area contributed by atoms with Crippen molar-refractivity contribution in [3.63, 3.8) is 0 Å². The monoisotopic (exact) mass is 283 g/mol.